The number of hydrogen-bond acceptors (Lipinski definition) is 3. The lowest BCUT2D eigenvalue weighted by atomic mass is 10.1. The summed E-state index contributed by atoms with van der Waals surface area (Å²) in [5, 5.41) is 5.82. The second-order valence-corrected chi connectivity index (χ2v) is 7.92. The van der Waals surface area contributed by atoms with E-state index in [1.165, 1.54) is 5.56 Å². The van der Waals surface area contributed by atoms with Crippen molar-refractivity contribution < 1.29 is 9.59 Å². The number of imidazole rings is 1. The standard InChI is InChI=1S/C23H29N5O2/c1-15(2)25-22(29)18-10-11-20-19(12-18)26-21(28(20)5)14-27(4)23(30)24-13-17-8-6-16(3)7-9-17/h6-12,15H,13-14H2,1-5H3,(H,24,30)(H,25,29). The van der Waals surface area contributed by atoms with E-state index in [0.29, 0.717) is 18.7 Å². The summed E-state index contributed by atoms with van der Waals surface area (Å²) in [5.74, 6) is 0.631. The largest absolute Gasteiger partial charge is 0.350 e. The topological polar surface area (TPSA) is 79.3 Å². The fraction of sp³-hybridized carbons (Fsp3) is 0.348. The summed E-state index contributed by atoms with van der Waals surface area (Å²) in [5.41, 5.74) is 4.47. The van der Waals surface area contributed by atoms with Gasteiger partial charge < -0.3 is 20.1 Å². The average molecular weight is 408 g/mol. The fourth-order valence-electron chi connectivity index (χ4n) is 3.18. The van der Waals surface area contributed by atoms with Gasteiger partial charge in [-0.05, 0) is 44.5 Å². The van der Waals surface area contributed by atoms with E-state index < -0.39 is 0 Å². The average Bonchev–Trinajstić information content (AvgIpc) is 3.01. The van der Waals surface area contributed by atoms with Crippen LogP contribution in [0.4, 0.5) is 4.79 Å². The molecule has 158 valence electrons. The summed E-state index contributed by atoms with van der Waals surface area (Å²) in [6.45, 7) is 6.72. The summed E-state index contributed by atoms with van der Waals surface area (Å²) in [6, 6.07) is 13.4. The van der Waals surface area contributed by atoms with Crippen LogP contribution in [0, 0.1) is 6.92 Å². The molecular formula is C23H29N5O2. The third-order valence-electron chi connectivity index (χ3n) is 4.95. The van der Waals surface area contributed by atoms with Crippen LogP contribution >= 0.6 is 0 Å². The monoisotopic (exact) mass is 407 g/mol. The van der Waals surface area contributed by atoms with E-state index in [1.54, 1.807) is 24.1 Å². The quantitative estimate of drug-likeness (QED) is 0.658. The maximum atomic E-state index is 12.5. The highest BCUT2D eigenvalue weighted by Crippen LogP contribution is 2.18. The minimum Gasteiger partial charge on any atom is -0.350 e. The number of aryl methyl sites for hydroxylation is 2. The molecule has 0 saturated heterocycles. The number of hydrogen-bond donors (Lipinski definition) is 2. The molecule has 0 fully saturated rings. The first kappa shape index (κ1) is 21.4. The van der Waals surface area contributed by atoms with Gasteiger partial charge in [0, 0.05) is 32.2 Å². The van der Waals surface area contributed by atoms with Gasteiger partial charge >= 0.3 is 6.03 Å². The minimum atomic E-state index is -0.167. The summed E-state index contributed by atoms with van der Waals surface area (Å²) >= 11 is 0. The third-order valence-corrected chi connectivity index (χ3v) is 4.95. The van der Waals surface area contributed by atoms with Crippen molar-refractivity contribution in [1.82, 2.24) is 25.1 Å². The number of benzene rings is 2. The zero-order valence-electron chi connectivity index (χ0n) is 18.2. The Kier molecular flexibility index (Phi) is 6.40. The summed E-state index contributed by atoms with van der Waals surface area (Å²) in [4.78, 5) is 31.0. The number of carbonyl (C=O) groups is 2. The van der Waals surface area contributed by atoms with Crippen LogP contribution in [-0.4, -0.2) is 39.5 Å². The summed E-state index contributed by atoms with van der Waals surface area (Å²) < 4.78 is 1.95. The van der Waals surface area contributed by atoms with Gasteiger partial charge in [0.2, 0.25) is 0 Å². The van der Waals surface area contributed by atoms with Gasteiger partial charge in [-0.15, -0.1) is 0 Å². The number of carbonyl (C=O) groups excluding carboxylic acids is 2. The predicted octanol–water partition coefficient (Wildman–Crippen LogP) is 3.36. The Bertz CT molecular complexity index is 1050. The molecule has 0 unspecified atom stereocenters. The van der Waals surface area contributed by atoms with E-state index in [0.717, 1.165) is 22.4 Å². The molecule has 30 heavy (non-hydrogen) atoms. The Morgan fingerprint density at radius 3 is 2.50 bits per heavy atom. The third kappa shape index (κ3) is 4.97. The molecule has 0 aliphatic heterocycles. The Balaban J connectivity index is 1.68. The Hall–Kier alpha value is -3.35. The van der Waals surface area contributed by atoms with E-state index in [9.17, 15) is 9.59 Å². The maximum absolute atomic E-state index is 12.5. The van der Waals surface area contributed by atoms with Gasteiger partial charge in [-0.25, -0.2) is 9.78 Å². The number of fused-ring (bicyclic) bond motifs is 1. The molecule has 3 amide bonds. The molecule has 3 aromatic rings. The van der Waals surface area contributed by atoms with Crippen LogP contribution in [0.15, 0.2) is 42.5 Å². The van der Waals surface area contributed by atoms with E-state index in [2.05, 4.69) is 15.6 Å². The molecular weight excluding hydrogens is 378 g/mol. The number of nitrogens with one attached hydrogen (secondary N) is 2. The zero-order valence-corrected chi connectivity index (χ0v) is 18.2. The molecule has 2 N–H and O–H groups in total. The minimum absolute atomic E-state index is 0.0690. The molecule has 7 heteroatoms. The lowest BCUT2D eigenvalue weighted by Crippen LogP contribution is -2.36. The van der Waals surface area contributed by atoms with Crippen molar-refractivity contribution in [3.63, 3.8) is 0 Å². The van der Waals surface area contributed by atoms with Crippen LogP contribution in [0.25, 0.3) is 11.0 Å². The van der Waals surface area contributed by atoms with Crippen LogP contribution < -0.4 is 10.6 Å². The summed E-state index contributed by atoms with van der Waals surface area (Å²) in [7, 11) is 3.65. The highest BCUT2D eigenvalue weighted by atomic mass is 16.2. The van der Waals surface area contributed by atoms with Crippen molar-refractivity contribution >= 4 is 23.0 Å². The van der Waals surface area contributed by atoms with E-state index in [4.69, 9.17) is 0 Å². The van der Waals surface area contributed by atoms with Crippen LogP contribution in [-0.2, 0) is 20.1 Å². The van der Waals surface area contributed by atoms with Crippen LogP contribution in [0.2, 0.25) is 0 Å². The Labute approximate surface area is 177 Å². The number of urea groups is 1. The van der Waals surface area contributed by atoms with Crippen LogP contribution in [0.1, 0.15) is 41.2 Å². The smallest absolute Gasteiger partial charge is 0.317 e. The highest BCUT2D eigenvalue weighted by Gasteiger charge is 2.16. The first-order valence-electron chi connectivity index (χ1n) is 10.1. The van der Waals surface area contributed by atoms with Crippen molar-refractivity contribution in [2.24, 2.45) is 7.05 Å². The molecule has 0 atom stereocenters. The van der Waals surface area contributed by atoms with E-state index >= 15 is 0 Å². The molecule has 0 aliphatic carbocycles. The van der Waals surface area contributed by atoms with Crippen molar-refractivity contribution in [1.29, 1.82) is 0 Å². The fourth-order valence-corrected chi connectivity index (χ4v) is 3.18. The lowest BCUT2D eigenvalue weighted by molar-refractivity contribution is 0.0943. The second kappa shape index (κ2) is 8.98. The highest BCUT2D eigenvalue weighted by molar-refractivity contribution is 5.97. The predicted molar refractivity (Wildman–Crippen MR) is 118 cm³/mol. The number of aromatic nitrogens is 2. The molecule has 0 saturated carbocycles. The lowest BCUT2D eigenvalue weighted by Gasteiger charge is -2.17. The van der Waals surface area contributed by atoms with Gasteiger partial charge in [-0.2, -0.15) is 0 Å². The van der Waals surface area contributed by atoms with Crippen molar-refractivity contribution in [2.75, 3.05) is 7.05 Å². The second-order valence-electron chi connectivity index (χ2n) is 7.92. The SMILES string of the molecule is Cc1ccc(CNC(=O)N(C)Cc2nc3cc(C(=O)NC(C)C)ccc3n2C)cc1. The molecule has 0 spiro atoms. The molecule has 2 aromatic carbocycles. The normalized spacial score (nSPS) is 11.0. The van der Waals surface area contributed by atoms with Gasteiger partial charge in [0.15, 0.2) is 0 Å². The first-order valence-corrected chi connectivity index (χ1v) is 10.1. The molecule has 7 nitrogen and oxygen atoms in total. The number of rotatable bonds is 6. The van der Waals surface area contributed by atoms with Gasteiger partial charge in [0.05, 0.1) is 17.6 Å². The van der Waals surface area contributed by atoms with Crippen molar-refractivity contribution in [2.45, 2.75) is 39.9 Å². The van der Waals surface area contributed by atoms with Gasteiger partial charge in [0.25, 0.3) is 5.91 Å². The van der Waals surface area contributed by atoms with Crippen LogP contribution in [0.5, 0.6) is 0 Å². The number of nitrogens with zero attached hydrogens (tertiary/aromatic N) is 3. The number of amides is 3. The molecule has 0 bridgehead atoms. The van der Waals surface area contributed by atoms with Gasteiger partial charge in [0.1, 0.15) is 5.82 Å². The van der Waals surface area contributed by atoms with E-state index in [-0.39, 0.29) is 18.0 Å². The van der Waals surface area contributed by atoms with E-state index in [1.807, 2.05) is 62.7 Å². The first-order chi connectivity index (χ1) is 14.2. The van der Waals surface area contributed by atoms with Crippen LogP contribution in [0.3, 0.4) is 0 Å². The molecule has 3 rings (SSSR count). The van der Waals surface area contributed by atoms with Crippen molar-refractivity contribution in [3.8, 4) is 0 Å². The van der Waals surface area contributed by atoms with Gasteiger partial charge in [-0.1, -0.05) is 29.8 Å². The van der Waals surface area contributed by atoms with Gasteiger partial charge in [-0.3, -0.25) is 4.79 Å². The summed E-state index contributed by atoms with van der Waals surface area (Å²) in [6.07, 6.45) is 0. The Morgan fingerprint density at radius 1 is 1.13 bits per heavy atom. The molecule has 0 aliphatic rings. The molecule has 1 heterocycles. The Morgan fingerprint density at radius 2 is 1.83 bits per heavy atom. The van der Waals surface area contributed by atoms with Crippen molar-refractivity contribution in [3.05, 3.63) is 65.0 Å². The molecule has 1 aromatic heterocycles. The molecule has 0 radical (unpaired) electrons. The maximum Gasteiger partial charge on any atom is 0.317 e. The zero-order chi connectivity index (χ0) is 21.8.